The molecule has 0 amide bonds. The fourth-order valence-corrected chi connectivity index (χ4v) is 3.40. The lowest BCUT2D eigenvalue weighted by molar-refractivity contribution is -0.147. The van der Waals surface area contributed by atoms with Crippen LogP contribution in [0.5, 0.6) is 0 Å². The average molecular weight is 360 g/mol. The number of aliphatic hydroxyl groups is 1. The lowest BCUT2D eigenvalue weighted by Crippen LogP contribution is -2.40. The number of ether oxygens (including phenoxy) is 1. The first-order chi connectivity index (χ1) is 13.3. The van der Waals surface area contributed by atoms with Crippen LogP contribution in [0.15, 0.2) is 91.0 Å². The second-order valence-electron chi connectivity index (χ2n) is 6.41. The Balaban J connectivity index is 2.15. The molecule has 0 spiro atoms. The number of benzene rings is 3. The lowest BCUT2D eigenvalue weighted by Gasteiger charge is -2.33. The van der Waals surface area contributed by atoms with Gasteiger partial charge in [-0.3, -0.25) is 4.79 Å². The number of rotatable bonds is 8. The number of unbranched alkanes of at least 4 members (excludes halogenated alkanes) is 1. The minimum absolute atomic E-state index is 0.0960. The van der Waals surface area contributed by atoms with Gasteiger partial charge in [-0.1, -0.05) is 91.0 Å². The third kappa shape index (κ3) is 3.93. The molecule has 3 nitrogen and oxygen atoms in total. The zero-order valence-corrected chi connectivity index (χ0v) is 15.3. The molecule has 1 N–H and O–H groups in total. The zero-order valence-electron chi connectivity index (χ0n) is 15.3. The van der Waals surface area contributed by atoms with Crippen molar-refractivity contribution in [2.75, 3.05) is 13.2 Å². The van der Waals surface area contributed by atoms with Crippen molar-refractivity contribution in [3.63, 3.8) is 0 Å². The van der Waals surface area contributed by atoms with E-state index in [9.17, 15) is 4.79 Å². The molecule has 0 atom stereocenters. The maximum atomic E-state index is 13.5. The Morgan fingerprint density at radius 3 is 1.48 bits per heavy atom. The predicted octanol–water partition coefficient (Wildman–Crippen LogP) is 4.34. The molecule has 0 aromatic heterocycles. The number of hydrogen-bond donors (Lipinski definition) is 1. The summed E-state index contributed by atoms with van der Waals surface area (Å²) >= 11 is 0. The maximum Gasteiger partial charge on any atom is 0.325 e. The van der Waals surface area contributed by atoms with E-state index in [1.807, 2.05) is 91.0 Å². The molecule has 0 aliphatic heterocycles. The Bertz CT molecular complexity index is 733. The number of esters is 1. The van der Waals surface area contributed by atoms with Crippen molar-refractivity contribution in [1.82, 2.24) is 0 Å². The van der Waals surface area contributed by atoms with Crippen molar-refractivity contribution in [2.45, 2.75) is 18.3 Å². The van der Waals surface area contributed by atoms with Crippen molar-refractivity contribution in [2.24, 2.45) is 0 Å². The summed E-state index contributed by atoms with van der Waals surface area (Å²) in [6, 6.07) is 29.3. The van der Waals surface area contributed by atoms with E-state index in [1.54, 1.807) is 0 Å². The highest BCUT2D eigenvalue weighted by molar-refractivity contribution is 5.92. The molecular weight excluding hydrogens is 336 g/mol. The van der Waals surface area contributed by atoms with Gasteiger partial charge >= 0.3 is 5.97 Å². The first-order valence-corrected chi connectivity index (χ1v) is 9.25. The summed E-state index contributed by atoms with van der Waals surface area (Å²) in [6.07, 6.45) is 1.25. The summed E-state index contributed by atoms with van der Waals surface area (Å²) in [7, 11) is 0. The Morgan fingerprint density at radius 1 is 0.704 bits per heavy atom. The van der Waals surface area contributed by atoms with Crippen LogP contribution in [0.1, 0.15) is 29.5 Å². The van der Waals surface area contributed by atoms with Gasteiger partial charge in [0.15, 0.2) is 0 Å². The summed E-state index contributed by atoms with van der Waals surface area (Å²) in [5, 5.41) is 8.98. The minimum Gasteiger partial charge on any atom is -0.465 e. The molecule has 3 rings (SSSR count). The highest BCUT2D eigenvalue weighted by atomic mass is 16.5. The summed E-state index contributed by atoms with van der Waals surface area (Å²) < 4.78 is 5.72. The van der Waals surface area contributed by atoms with E-state index in [1.165, 1.54) is 0 Å². The highest BCUT2D eigenvalue weighted by Gasteiger charge is 2.45. The van der Waals surface area contributed by atoms with Crippen LogP contribution in [0.2, 0.25) is 0 Å². The third-order valence-corrected chi connectivity index (χ3v) is 4.71. The highest BCUT2D eigenvalue weighted by Crippen LogP contribution is 2.40. The molecule has 0 aliphatic rings. The predicted molar refractivity (Wildman–Crippen MR) is 106 cm³/mol. The Hall–Kier alpha value is -2.91. The molecule has 0 saturated carbocycles. The molecule has 0 fully saturated rings. The molecule has 0 bridgehead atoms. The van der Waals surface area contributed by atoms with Gasteiger partial charge in [-0.25, -0.2) is 0 Å². The van der Waals surface area contributed by atoms with Crippen LogP contribution in [-0.4, -0.2) is 24.3 Å². The minimum atomic E-state index is -1.04. The number of carbonyl (C=O) groups excluding carboxylic acids is 1. The summed E-state index contributed by atoms with van der Waals surface area (Å²) in [5.74, 6) is -0.302. The van der Waals surface area contributed by atoms with Crippen molar-refractivity contribution in [1.29, 1.82) is 0 Å². The van der Waals surface area contributed by atoms with Gasteiger partial charge in [0.1, 0.15) is 5.41 Å². The van der Waals surface area contributed by atoms with Crippen LogP contribution >= 0.6 is 0 Å². The molecule has 0 heterocycles. The topological polar surface area (TPSA) is 46.5 Å². The standard InChI is InChI=1S/C24H24O3/c25-18-10-11-19-27-23(26)24(20-12-4-1-5-13-20,21-14-6-2-7-15-21)22-16-8-3-9-17-22/h1-9,12-17,25H,10-11,18-19H2. The van der Waals surface area contributed by atoms with E-state index < -0.39 is 5.41 Å². The van der Waals surface area contributed by atoms with E-state index in [0.29, 0.717) is 12.8 Å². The van der Waals surface area contributed by atoms with Crippen molar-refractivity contribution in [3.8, 4) is 0 Å². The summed E-state index contributed by atoms with van der Waals surface area (Å²) in [6.45, 7) is 0.381. The van der Waals surface area contributed by atoms with Gasteiger partial charge in [-0.15, -0.1) is 0 Å². The quantitative estimate of drug-likeness (QED) is 0.369. The Morgan fingerprint density at radius 2 is 1.11 bits per heavy atom. The Labute approximate surface area is 160 Å². The fourth-order valence-electron chi connectivity index (χ4n) is 3.40. The third-order valence-electron chi connectivity index (χ3n) is 4.71. The second kappa shape index (κ2) is 9.15. The maximum absolute atomic E-state index is 13.5. The van der Waals surface area contributed by atoms with Crippen molar-refractivity contribution < 1.29 is 14.6 Å². The molecule has 3 aromatic rings. The van der Waals surface area contributed by atoms with Gasteiger partial charge in [-0.2, -0.15) is 0 Å². The second-order valence-corrected chi connectivity index (χ2v) is 6.41. The monoisotopic (exact) mass is 360 g/mol. The molecular formula is C24H24O3. The largest absolute Gasteiger partial charge is 0.465 e. The van der Waals surface area contributed by atoms with Crippen LogP contribution < -0.4 is 0 Å². The number of hydrogen-bond acceptors (Lipinski definition) is 3. The SMILES string of the molecule is O=C(OCCCCO)C(c1ccccc1)(c1ccccc1)c1ccccc1. The fraction of sp³-hybridized carbons (Fsp3) is 0.208. The van der Waals surface area contributed by atoms with Crippen LogP contribution in [-0.2, 0) is 14.9 Å². The van der Waals surface area contributed by atoms with E-state index >= 15 is 0 Å². The number of aliphatic hydroxyl groups excluding tert-OH is 1. The normalized spacial score (nSPS) is 11.1. The molecule has 27 heavy (non-hydrogen) atoms. The van der Waals surface area contributed by atoms with Crippen LogP contribution in [0.3, 0.4) is 0 Å². The molecule has 0 aliphatic carbocycles. The van der Waals surface area contributed by atoms with Gasteiger partial charge in [0.2, 0.25) is 0 Å². The smallest absolute Gasteiger partial charge is 0.325 e. The van der Waals surface area contributed by atoms with Gasteiger partial charge < -0.3 is 9.84 Å². The van der Waals surface area contributed by atoms with Crippen LogP contribution in [0.25, 0.3) is 0 Å². The van der Waals surface area contributed by atoms with Gasteiger partial charge in [0.25, 0.3) is 0 Å². The average Bonchev–Trinajstić information content (AvgIpc) is 2.74. The van der Waals surface area contributed by atoms with Gasteiger partial charge in [0.05, 0.1) is 6.61 Å². The number of carbonyl (C=O) groups is 1. The lowest BCUT2D eigenvalue weighted by atomic mass is 9.69. The van der Waals surface area contributed by atoms with E-state index in [4.69, 9.17) is 9.84 Å². The molecule has 0 radical (unpaired) electrons. The van der Waals surface area contributed by atoms with Crippen LogP contribution in [0, 0.1) is 0 Å². The molecule has 138 valence electrons. The van der Waals surface area contributed by atoms with Crippen LogP contribution in [0.4, 0.5) is 0 Å². The zero-order chi connectivity index (χ0) is 19.0. The van der Waals surface area contributed by atoms with E-state index in [-0.39, 0.29) is 19.2 Å². The van der Waals surface area contributed by atoms with Crippen molar-refractivity contribution in [3.05, 3.63) is 108 Å². The summed E-state index contributed by atoms with van der Waals surface area (Å²) in [4.78, 5) is 13.5. The first kappa shape index (κ1) is 18.9. The van der Waals surface area contributed by atoms with E-state index in [2.05, 4.69) is 0 Å². The Kier molecular flexibility index (Phi) is 6.39. The molecule has 0 unspecified atom stereocenters. The molecule has 3 aromatic carbocycles. The van der Waals surface area contributed by atoms with Gasteiger partial charge in [-0.05, 0) is 29.5 Å². The first-order valence-electron chi connectivity index (χ1n) is 9.25. The molecule has 0 saturated heterocycles. The molecule has 3 heteroatoms. The van der Waals surface area contributed by atoms with Gasteiger partial charge in [0, 0.05) is 6.61 Å². The van der Waals surface area contributed by atoms with E-state index in [0.717, 1.165) is 16.7 Å². The van der Waals surface area contributed by atoms with Crippen molar-refractivity contribution >= 4 is 5.97 Å². The summed E-state index contributed by atoms with van der Waals surface area (Å²) in [5.41, 5.74) is 1.57.